The van der Waals surface area contributed by atoms with Crippen LogP contribution in [0.5, 0.6) is 0 Å². The van der Waals surface area contributed by atoms with E-state index in [1.54, 1.807) is 22.8 Å². The molecule has 0 unspecified atom stereocenters. The SMILES string of the molecule is Cc1nn(CCC(=O)NC2CCCCCC2)c(C)c1S(=O)(=O)N1CCC(C)CC1. The van der Waals surface area contributed by atoms with Crippen LogP contribution in [0.15, 0.2) is 4.90 Å². The number of carbonyl (C=O) groups excluding carboxylic acids is 1. The minimum absolute atomic E-state index is 0.0267. The molecule has 1 amide bonds. The van der Waals surface area contributed by atoms with Crippen LogP contribution in [-0.4, -0.2) is 47.5 Å². The van der Waals surface area contributed by atoms with Gasteiger partial charge in [-0.1, -0.05) is 32.6 Å². The van der Waals surface area contributed by atoms with E-state index in [0.717, 1.165) is 25.7 Å². The molecule has 2 aliphatic rings. The normalized spacial score (nSPS) is 20.5. The molecule has 1 saturated heterocycles. The fraction of sp³-hybridized carbons (Fsp3) is 0.810. The first-order chi connectivity index (χ1) is 13.8. The maximum atomic E-state index is 13.2. The van der Waals surface area contributed by atoms with Crippen molar-refractivity contribution < 1.29 is 13.2 Å². The van der Waals surface area contributed by atoms with Crippen LogP contribution in [-0.2, 0) is 21.4 Å². The molecule has 0 radical (unpaired) electrons. The number of nitrogens with zero attached hydrogens (tertiary/aromatic N) is 3. The van der Waals surface area contributed by atoms with E-state index in [1.165, 1.54) is 25.7 Å². The minimum atomic E-state index is -3.54. The summed E-state index contributed by atoms with van der Waals surface area (Å²) in [5.41, 5.74) is 1.15. The predicted octanol–water partition coefficient (Wildman–Crippen LogP) is 3.15. The van der Waals surface area contributed by atoms with Gasteiger partial charge >= 0.3 is 0 Å². The first-order valence-corrected chi connectivity index (χ1v) is 12.6. The topological polar surface area (TPSA) is 84.3 Å². The molecule has 1 aliphatic heterocycles. The molecule has 7 nitrogen and oxygen atoms in total. The summed E-state index contributed by atoms with van der Waals surface area (Å²) in [5, 5.41) is 7.60. The lowest BCUT2D eigenvalue weighted by molar-refractivity contribution is -0.122. The van der Waals surface area contributed by atoms with Crippen LogP contribution in [0.2, 0.25) is 0 Å². The van der Waals surface area contributed by atoms with Crippen molar-refractivity contribution in [2.75, 3.05) is 13.1 Å². The van der Waals surface area contributed by atoms with E-state index in [2.05, 4.69) is 17.3 Å². The van der Waals surface area contributed by atoms with Gasteiger partial charge in [-0.3, -0.25) is 9.48 Å². The van der Waals surface area contributed by atoms with Gasteiger partial charge in [-0.2, -0.15) is 9.40 Å². The van der Waals surface area contributed by atoms with Gasteiger partial charge in [-0.25, -0.2) is 8.42 Å². The Labute approximate surface area is 175 Å². The number of aryl methyl sites for hydroxylation is 2. The zero-order valence-corrected chi connectivity index (χ0v) is 18.9. The molecule has 3 rings (SSSR count). The lowest BCUT2D eigenvalue weighted by atomic mass is 10.0. The summed E-state index contributed by atoms with van der Waals surface area (Å²) in [6.07, 6.45) is 9.10. The standard InChI is InChI=1S/C21H36N4O3S/c1-16-10-13-24(14-11-16)29(27,28)21-17(2)23-25(18(21)3)15-12-20(26)22-19-8-6-4-5-7-9-19/h16,19H,4-15H2,1-3H3,(H,22,26). The Morgan fingerprint density at radius 2 is 1.69 bits per heavy atom. The van der Waals surface area contributed by atoms with Gasteiger partial charge in [0, 0.05) is 25.6 Å². The number of aromatic nitrogens is 2. The molecule has 1 aliphatic carbocycles. The molecule has 2 heterocycles. The van der Waals surface area contributed by atoms with E-state index < -0.39 is 10.0 Å². The van der Waals surface area contributed by atoms with Crippen molar-refractivity contribution in [1.82, 2.24) is 19.4 Å². The van der Waals surface area contributed by atoms with E-state index in [1.807, 2.05) is 0 Å². The second-order valence-electron chi connectivity index (χ2n) is 8.82. The van der Waals surface area contributed by atoms with Crippen LogP contribution >= 0.6 is 0 Å². The van der Waals surface area contributed by atoms with Crippen molar-refractivity contribution in [3.8, 4) is 0 Å². The third kappa shape index (κ3) is 5.40. The minimum Gasteiger partial charge on any atom is -0.353 e. The molecule has 1 aromatic heterocycles. The summed E-state index contributed by atoms with van der Waals surface area (Å²) in [4.78, 5) is 12.7. The van der Waals surface area contributed by atoms with Crippen LogP contribution in [0.4, 0.5) is 0 Å². The zero-order valence-electron chi connectivity index (χ0n) is 18.1. The Morgan fingerprint density at radius 1 is 1.07 bits per heavy atom. The third-order valence-corrected chi connectivity index (χ3v) is 8.58. The van der Waals surface area contributed by atoms with Gasteiger partial charge in [-0.15, -0.1) is 0 Å². The van der Waals surface area contributed by atoms with Crippen LogP contribution in [0, 0.1) is 19.8 Å². The van der Waals surface area contributed by atoms with Gasteiger partial charge in [0.2, 0.25) is 15.9 Å². The number of nitrogens with one attached hydrogen (secondary N) is 1. The molecule has 1 N–H and O–H groups in total. The van der Waals surface area contributed by atoms with Crippen molar-refractivity contribution >= 4 is 15.9 Å². The highest BCUT2D eigenvalue weighted by Gasteiger charge is 2.33. The maximum Gasteiger partial charge on any atom is 0.246 e. The summed E-state index contributed by atoms with van der Waals surface area (Å²) in [7, 11) is -3.54. The number of hydrogen-bond acceptors (Lipinski definition) is 4. The van der Waals surface area contributed by atoms with Gasteiger partial charge in [0.05, 0.1) is 17.9 Å². The van der Waals surface area contributed by atoms with Crippen LogP contribution in [0.3, 0.4) is 0 Å². The Balaban J connectivity index is 1.63. The van der Waals surface area contributed by atoms with E-state index in [0.29, 0.717) is 48.3 Å². The summed E-state index contributed by atoms with van der Waals surface area (Å²) in [5.74, 6) is 0.595. The van der Waals surface area contributed by atoms with Gasteiger partial charge in [-0.05, 0) is 45.4 Å². The molecular weight excluding hydrogens is 388 g/mol. The Hall–Kier alpha value is -1.41. The maximum absolute atomic E-state index is 13.2. The average Bonchev–Trinajstić information content (AvgIpc) is 2.83. The number of carbonyl (C=O) groups is 1. The molecule has 0 spiro atoms. The van der Waals surface area contributed by atoms with E-state index in [4.69, 9.17) is 0 Å². The second-order valence-corrected chi connectivity index (χ2v) is 10.7. The molecule has 8 heteroatoms. The van der Waals surface area contributed by atoms with Gasteiger partial charge in [0.25, 0.3) is 0 Å². The van der Waals surface area contributed by atoms with Gasteiger partial charge in [0.1, 0.15) is 4.90 Å². The van der Waals surface area contributed by atoms with Crippen molar-refractivity contribution in [3.05, 3.63) is 11.4 Å². The molecule has 164 valence electrons. The highest BCUT2D eigenvalue weighted by atomic mass is 32.2. The number of amides is 1. The van der Waals surface area contributed by atoms with Crippen molar-refractivity contribution in [2.45, 2.75) is 96.0 Å². The number of sulfonamides is 1. The second kappa shape index (κ2) is 9.60. The molecule has 29 heavy (non-hydrogen) atoms. The molecule has 0 aromatic carbocycles. The molecule has 2 fully saturated rings. The predicted molar refractivity (Wildman–Crippen MR) is 113 cm³/mol. The molecule has 1 aromatic rings. The van der Waals surface area contributed by atoms with Crippen LogP contribution in [0.1, 0.15) is 76.1 Å². The van der Waals surface area contributed by atoms with Crippen molar-refractivity contribution in [3.63, 3.8) is 0 Å². The largest absolute Gasteiger partial charge is 0.353 e. The number of piperidine rings is 1. The number of hydrogen-bond donors (Lipinski definition) is 1. The molecular formula is C21H36N4O3S. The Kier molecular flexibility index (Phi) is 7.37. The van der Waals surface area contributed by atoms with Crippen LogP contribution < -0.4 is 5.32 Å². The quantitative estimate of drug-likeness (QED) is 0.711. The van der Waals surface area contributed by atoms with Crippen LogP contribution in [0.25, 0.3) is 0 Å². The average molecular weight is 425 g/mol. The van der Waals surface area contributed by atoms with Gasteiger partial charge in [0.15, 0.2) is 0 Å². The summed E-state index contributed by atoms with van der Waals surface area (Å²) < 4.78 is 29.6. The molecule has 0 atom stereocenters. The highest BCUT2D eigenvalue weighted by molar-refractivity contribution is 7.89. The fourth-order valence-electron chi connectivity index (χ4n) is 4.56. The van der Waals surface area contributed by atoms with E-state index in [-0.39, 0.29) is 11.9 Å². The Bertz CT molecular complexity index is 802. The first kappa shape index (κ1) is 22.3. The lowest BCUT2D eigenvalue weighted by Crippen LogP contribution is -2.38. The van der Waals surface area contributed by atoms with E-state index in [9.17, 15) is 13.2 Å². The summed E-state index contributed by atoms with van der Waals surface area (Å²) in [6, 6.07) is 0.280. The molecule has 0 bridgehead atoms. The highest BCUT2D eigenvalue weighted by Crippen LogP contribution is 2.27. The number of rotatable bonds is 6. The fourth-order valence-corrected chi connectivity index (χ4v) is 6.40. The summed E-state index contributed by atoms with van der Waals surface area (Å²) >= 11 is 0. The molecule has 1 saturated carbocycles. The van der Waals surface area contributed by atoms with Crippen molar-refractivity contribution in [2.24, 2.45) is 5.92 Å². The first-order valence-electron chi connectivity index (χ1n) is 11.1. The van der Waals surface area contributed by atoms with Gasteiger partial charge < -0.3 is 5.32 Å². The third-order valence-electron chi connectivity index (χ3n) is 6.43. The monoisotopic (exact) mass is 424 g/mol. The lowest BCUT2D eigenvalue weighted by Gasteiger charge is -2.29. The zero-order chi connectivity index (χ0) is 21.0. The smallest absolute Gasteiger partial charge is 0.246 e. The van der Waals surface area contributed by atoms with Crippen molar-refractivity contribution in [1.29, 1.82) is 0 Å². The Morgan fingerprint density at radius 3 is 2.31 bits per heavy atom. The van der Waals surface area contributed by atoms with E-state index >= 15 is 0 Å². The summed E-state index contributed by atoms with van der Waals surface area (Å²) in [6.45, 7) is 7.24.